The fourth-order valence-corrected chi connectivity index (χ4v) is 2.30. The van der Waals surface area contributed by atoms with Crippen LogP contribution in [0.25, 0.3) is 0 Å². The van der Waals surface area contributed by atoms with E-state index in [1.807, 2.05) is 0 Å². The number of carboxylic acid groups (broad SMARTS) is 1. The van der Waals surface area contributed by atoms with Crippen LogP contribution in [-0.4, -0.2) is 21.0 Å². The summed E-state index contributed by atoms with van der Waals surface area (Å²) < 4.78 is 0. The number of thioether (sulfide) groups is 1. The second-order valence-corrected chi connectivity index (χ2v) is 4.33. The highest BCUT2D eigenvalue weighted by Gasteiger charge is 2.13. The largest absolute Gasteiger partial charge is 0.478 e. The molecule has 1 heterocycles. The first-order valence-corrected chi connectivity index (χ1v) is 5.90. The van der Waals surface area contributed by atoms with E-state index in [0.717, 1.165) is 5.16 Å². The van der Waals surface area contributed by atoms with Gasteiger partial charge in [-0.15, -0.1) is 0 Å². The first-order valence-electron chi connectivity index (χ1n) is 4.91. The van der Waals surface area contributed by atoms with Gasteiger partial charge in [-0.3, -0.25) is 0 Å². The van der Waals surface area contributed by atoms with Crippen molar-refractivity contribution in [3.05, 3.63) is 41.7 Å². The van der Waals surface area contributed by atoms with E-state index in [-0.39, 0.29) is 11.3 Å². The van der Waals surface area contributed by atoms with Crippen molar-refractivity contribution in [2.45, 2.75) is 10.9 Å². The second-order valence-electron chi connectivity index (χ2n) is 3.37. The van der Waals surface area contributed by atoms with Crippen LogP contribution in [0, 0.1) is 0 Å². The monoisotopic (exact) mass is 249 g/mol. The zero-order valence-electron chi connectivity index (χ0n) is 8.88. The van der Waals surface area contributed by atoms with Gasteiger partial charge in [0, 0.05) is 23.8 Å². The van der Waals surface area contributed by atoms with Gasteiger partial charge in [-0.25, -0.2) is 9.78 Å². The first kappa shape index (κ1) is 11.5. The van der Waals surface area contributed by atoms with Gasteiger partial charge in [0.15, 0.2) is 5.16 Å². The van der Waals surface area contributed by atoms with Gasteiger partial charge in [0.2, 0.25) is 0 Å². The van der Waals surface area contributed by atoms with Crippen LogP contribution in [0.15, 0.2) is 35.7 Å². The number of H-pyrrole nitrogens is 1. The Hall–Kier alpha value is -1.95. The maximum atomic E-state index is 11.1. The molecule has 0 bridgehead atoms. The van der Waals surface area contributed by atoms with Gasteiger partial charge in [0.05, 0.1) is 5.56 Å². The Morgan fingerprint density at radius 2 is 2.35 bits per heavy atom. The molecule has 0 saturated heterocycles. The number of nitrogen functional groups attached to an aromatic ring is 1. The molecule has 1 aromatic heterocycles. The Bertz CT molecular complexity index is 526. The van der Waals surface area contributed by atoms with Crippen molar-refractivity contribution >= 4 is 23.4 Å². The van der Waals surface area contributed by atoms with Gasteiger partial charge in [-0.1, -0.05) is 23.9 Å². The number of carboxylic acids is 1. The summed E-state index contributed by atoms with van der Waals surface area (Å²) in [5.41, 5.74) is 6.81. The SMILES string of the molecule is Nc1cccc(CSc2ncc[nH]2)c1C(=O)O. The smallest absolute Gasteiger partial charge is 0.338 e. The number of hydrogen-bond acceptors (Lipinski definition) is 4. The van der Waals surface area contributed by atoms with Crippen molar-refractivity contribution < 1.29 is 9.90 Å². The Morgan fingerprint density at radius 3 is 3.00 bits per heavy atom. The third kappa shape index (κ3) is 2.59. The van der Waals surface area contributed by atoms with E-state index in [9.17, 15) is 4.79 Å². The van der Waals surface area contributed by atoms with Crippen molar-refractivity contribution in [2.75, 3.05) is 5.73 Å². The molecule has 0 aliphatic rings. The van der Waals surface area contributed by atoms with Gasteiger partial charge >= 0.3 is 5.97 Å². The molecule has 0 radical (unpaired) electrons. The Balaban J connectivity index is 2.21. The number of anilines is 1. The molecule has 0 saturated carbocycles. The highest BCUT2D eigenvalue weighted by molar-refractivity contribution is 7.98. The molecule has 88 valence electrons. The summed E-state index contributed by atoms with van der Waals surface area (Å²) >= 11 is 1.43. The van der Waals surface area contributed by atoms with Crippen molar-refractivity contribution in [3.8, 4) is 0 Å². The molecule has 0 aliphatic carbocycles. The molecule has 2 rings (SSSR count). The summed E-state index contributed by atoms with van der Waals surface area (Å²) in [6.45, 7) is 0. The number of nitrogens with zero attached hydrogens (tertiary/aromatic N) is 1. The van der Waals surface area contributed by atoms with E-state index in [4.69, 9.17) is 10.8 Å². The number of nitrogens with one attached hydrogen (secondary N) is 1. The number of aromatic nitrogens is 2. The minimum Gasteiger partial charge on any atom is -0.478 e. The highest BCUT2D eigenvalue weighted by atomic mass is 32.2. The van der Waals surface area contributed by atoms with E-state index >= 15 is 0 Å². The third-order valence-electron chi connectivity index (χ3n) is 2.23. The predicted molar refractivity (Wildman–Crippen MR) is 66.0 cm³/mol. The fraction of sp³-hybridized carbons (Fsp3) is 0.0909. The molecule has 0 unspecified atom stereocenters. The van der Waals surface area contributed by atoms with Crippen molar-refractivity contribution in [3.63, 3.8) is 0 Å². The summed E-state index contributed by atoms with van der Waals surface area (Å²) in [7, 11) is 0. The van der Waals surface area contributed by atoms with Crippen LogP contribution in [0.3, 0.4) is 0 Å². The van der Waals surface area contributed by atoms with Gasteiger partial charge < -0.3 is 15.8 Å². The number of benzene rings is 1. The van der Waals surface area contributed by atoms with E-state index in [1.54, 1.807) is 30.6 Å². The normalized spacial score (nSPS) is 10.4. The molecule has 0 amide bonds. The number of imidazole rings is 1. The van der Waals surface area contributed by atoms with Crippen LogP contribution < -0.4 is 5.73 Å². The van der Waals surface area contributed by atoms with Crippen LogP contribution in [0.4, 0.5) is 5.69 Å². The van der Waals surface area contributed by atoms with E-state index in [1.165, 1.54) is 11.8 Å². The molecule has 17 heavy (non-hydrogen) atoms. The maximum Gasteiger partial charge on any atom is 0.338 e. The van der Waals surface area contributed by atoms with E-state index < -0.39 is 5.97 Å². The van der Waals surface area contributed by atoms with Gasteiger partial charge in [-0.2, -0.15) is 0 Å². The Morgan fingerprint density at radius 1 is 1.53 bits per heavy atom. The average Bonchev–Trinajstić information content (AvgIpc) is 2.78. The number of rotatable bonds is 4. The molecule has 0 spiro atoms. The average molecular weight is 249 g/mol. The predicted octanol–water partition coefficient (Wildman–Crippen LogP) is 1.98. The summed E-state index contributed by atoms with van der Waals surface area (Å²) in [6, 6.07) is 5.10. The van der Waals surface area contributed by atoms with E-state index in [0.29, 0.717) is 11.3 Å². The zero-order valence-corrected chi connectivity index (χ0v) is 9.70. The zero-order chi connectivity index (χ0) is 12.3. The fourth-order valence-electron chi connectivity index (χ4n) is 1.48. The minimum atomic E-state index is -1.00. The standard InChI is InChI=1S/C11H11N3O2S/c12-8-3-1-2-7(9(8)10(15)16)6-17-11-13-4-5-14-11/h1-5H,6,12H2,(H,13,14)(H,15,16). The molecule has 2 aromatic rings. The Kier molecular flexibility index (Phi) is 3.34. The lowest BCUT2D eigenvalue weighted by Gasteiger charge is -2.07. The quantitative estimate of drug-likeness (QED) is 0.569. The van der Waals surface area contributed by atoms with E-state index in [2.05, 4.69) is 9.97 Å². The molecule has 1 aromatic carbocycles. The first-order chi connectivity index (χ1) is 8.18. The molecular weight excluding hydrogens is 238 g/mol. The maximum absolute atomic E-state index is 11.1. The summed E-state index contributed by atoms with van der Waals surface area (Å²) in [5.74, 6) is -0.488. The number of aromatic carboxylic acids is 1. The molecule has 6 heteroatoms. The van der Waals surface area contributed by atoms with Crippen LogP contribution in [0.1, 0.15) is 15.9 Å². The molecule has 0 aliphatic heterocycles. The third-order valence-corrected chi connectivity index (χ3v) is 3.19. The molecule has 4 N–H and O–H groups in total. The number of hydrogen-bond donors (Lipinski definition) is 3. The van der Waals surface area contributed by atoms with Gasteiger partial charge in [0.25, 0.3) is 0 Å². The lowest BCUT2D eigenvalue weighted by molar-refractivity contribution is 0.0697. The molecule has 0 atom stereocenters. The number of aromatic amines is 1. The minimum absolute atomic E-state index is 0.173. The van der Waals surface area contributed by atoms with Crippen molar-refractivity contribution in [1.82, 2.24) is 9.97 Å². The highest BCUT2D eigenvalue weighted by Crippen LogP contribution is 2.24. The lowest BCUT2D eigenvalue weighted by Crippen LogP contribution is -2.06. The number of carbonyl (C=O) groups is 1. The van der Waals surface area contributed by atoms with Crippen LogP contribution >= 0.6 is 11.8 Å². The summed E-state index contributed by atoms with van der Waals surface area (Å²) in [4.78, 5) is 18.1. The molecule has 0 fully saturated rings. The summed E-state index contributed by atoms with van der Waals surface area (Å²) in [6.07, 6.45) is 3.37. The number of nitrogens with two attached hydrogens (primary N) is 1. The topological polar surface area (TPSA) is 92.0 Å². The Labute approximate surface area is 102 Å². The van der Waals surface area contributed by atoms with Gasteiger partial charge in [0.1, 0.15) is 0 Å². The lowest BCUT2D eigenvalue weighted by atomic mass is 10.1. The summed E-state index contributed by atoms with van der Waals surface area (Å²) in [5, 5.41) is 9.84. The molecule has 5 nitrogen and oxygen atoms in total. The van der Waals surface area contributed by atoms with Gasteiger partial charge in [-0.05, 0) is 11.6 Å². The van der Waals surface area contributed by atoms with Crippen molar-refractivity contribution in [2.24, 2.45) is 0 Å². The van der Waals surface area contributed by atoms with Crippen LogP contribution in [0.5, 0.6) is 0 Å². The van der Waals surface area contributed by atoms with Crippen molar-refractivity contribution in [1.29, 1.82) is 0 Å². The second kappa shape index (κ2) is 4.92. The van der Waals surface area contributed by atoms with Crippen LogP contribution in [-0.2, 0) is 5.75 Å². The molecular formula is C11H11N3O2S. The van der Waals surface area contributed by atoms with Crippen LogP contribution in [0.2, 0.25) is 0 Å².